The van der Waals surface area contributed by atoms with Gasteiger partial charge in [0, 0.05) is 54.6 Å². The lowest BCUT2D eigenvalue weighted by Crippen LogP contribution is -2.40. The van der Waals surface area contributed by atoms with Crippen molar-refractivity contribution in [3.63, 3.8) is 0 Å². The third kappa shape index (κ3) is 4.55. The van der Waals surface area contributed by atoms with Crippen LogP contribution in [-0.2, 0) is 4.79 Å². The molecule has 3 heterocycles. The molecule has 0 bridgehead atoms. The third-order valence-electron chi connectivity index (χ3n) is 5.84. The van der Waals surface area contributed by atoms with Crippen molar-refractivity contribution in [1.82, 2.24) is 19.9 Å². The molecular weight excluding hydrogens is 393 g/mol. The molecule has 6 nitrogen and oxygen atoms in total. The summed E-state index contributed by atoms with van der Waals surface area (Å²) in [6.07, 6.45) is 7.40. The predicted octanol–water partition coefficient (Wildman–Crippen LogP) is 4.54. The molecule has 1 amide bonds. The molecule has 7 heteroatoms. The Morgan fingerprint density at radius 1 is 1.10 bits per heavy atom. The predicted molar refractivity (Wildman–Crippen MR) is 116 cm³/mol. The molecule has 1 atom stereocenters. The molecule has 1 aliphatic heterocycles. The summed E-state index contributed by atoms with van der Waals surface area (Å²) in [6.45, 7) is 1.50. The van der Waals surface area contributed by atoms with Gasteiger partial charge in [-0.3, -0.25) is 9.78 Å². The number of amides is 1. The molecule has 1 N–H and O–H groups in total. The van der Waals surface area contributed by atoms with Crippen LogP contribution in [0.25, 0.3) is 11.4 Å². The molecular formula is C24H24FN5O. The first-order chi connectivity index (χ1) is 15.2. The first-order valence-corrected chi connectivity index (χ1v) is 10.8. The Balaban J connectivity index is 1.47. The Kier molecular flexibility index (Phi) is 5.32. The summed E-state index contributed by atoms with van der Waals surface area (Å²) in [7, 11) is 0. The number of carbonyl (C=O) groups excluding carboxylic acids is 1. The molecule has 0 radical (unpaired) electrons. The molecule has 1 unspecified atom stereocenters. The van der Waals surface area contributed by atoms with E-state index in [0.29, 0.717) is 23.9 Å². The Labute approximate surface area is 180 Å². The first-order valence-electron chi connectivity index (χ1n) is 10.8. The summed E-state index contributed by atoms with van der Waals surface area (Å²) < 4.78 is 13.7. The molecule has 0 spiro atoms. The van der Waals surface area contributed by atoms with Crippen LogP contribution in [0.15, 0.2) is 54.9 Å². The zero-order valence-corrected chi connectivity index (χ0v) is 17.2. The first kappa shape index (κ1) is 19.6. The van der Waals surface area contributed by atoms with E-state index in [1.54, 1.807) is 24.5 Å². The highest BCUT2D eigenvalue weighted by atomic mass is 19.1. The van der Waals surface area contributed by atoms with Gasteiger partial charge in [-0.25, -0.2) is 14.4 Å². The van der Waals surface area contributed by atoms with E-state index in [0.717, 1.165) is 43.5 Å². The molecule has 1 saturated carbocycles. The van der Waals surface area contributed by atoms with Crippen molar-refractivity contribution in [3.8, 4) is 11.4 Å². The van der Waals surface area contributed by atoms with Crippen molar-refractivity contribution in [2.45, 2.75) is 31.6 Å². The smallest absolute Gasteiger partial charge is 0.225 e. The summed E-state index contributed by atoms with van der Waals surface area (Å²) >= 11 is 0. The molecule has 2 aliphatic rings. The third-order valence-corrected chi connectivity index (χ3v) is 5.84. The number of hydrogen-bond acceptors (Lipinski definition) is 5. The number of likely N-dealkylation sites (tertiary alicyclic amines) is 1. The van der Waals surface area contributed by atoms with Crippen LogP contribution in [0.1, 0.15) is 37.3 Å². The van der Waals surface area contributed by atoms with Gasteiger partial charge in [0.1, 0.15) is 11.6 Å². The number of piperidine rings is 1. The molecule has 1 aromatic carbocycles. The van der Waals surface area contributed by atoms with Gasteiger partial charge in [0.05, 0.1) is 5.69 Å². The van der Waals surface area contributed by atoms with E-state index in [2.05, 4.69) is 15.3 Å². The van der Waals surface area contributed by atoms with Gasteiger partial charge in [0.25, 0.3) is 0 Å². The van der Waals surface area contributed by atoms with E-state index < -0.39 is 0 Å². The minimum atomic E-state index is -0.312. The summed E-state index contributed by atoms with van der Waals surface area (Å²) in [5, 5.41) is 3.20. The monoisotopic (exact) mass is 417 g/mol. The van der Waals surface area contributed by atoms with Gasteiger partial charge in [0.15, 0.2) is 5.82 Å². The fraction of sp³-hybridized carbons (Fsp3) is 0.333. The fourth-order valence-corrected chi connectivity index (χ4v) is 4.08. The number of benzene rings is 1. The van der Waals surface area contributed by atoms with Crippen LogP contribution in [0.3, 0.4) is 0 Å². The van der Waals surface area contributed by atoms with Gasteiger partial charge in [-0.2, -0.15) is 0 Å². The molecule has 158 valence electrons. The van der Waals surface area contributed by atoms with Crippen molar-refractivity contribution in [2.75, 3.05) is 18.4 Å². The van der Waals surface area contributed by atoms with Gasteiger partial charge >= 0.3 is 0 Å². The molecule has 2 aromatic heterocycles. The molecule has 5 rings (SSSR count). The normalized spacial score (nSPS) is 18.6. The van der Waals surface area contributed by atoms with Crippen molar-refractivity contribution in [2.24, 2.45) is 5.92 Å². The van der Waals surface area contributed by atoms with E-state index in [4.69, 9.17) is 4.98 Å². The number of carbonyl (C=O) groups is 1. The molecule has 31 heavy (non-hydrogen) atoms. The van der Waals surface area contributed by atoms with Crippen LogP contribution in [-0.4, -0.2) is 38.8 Å². The Bertz CT molecular complexity index is 1090. The summed E-state index contributed by atoms with van der Waals surface area (Å²) in [5.74, 6) is 1.50. The van der Waals surface area contributed by atoms with E-state index in [-0.39, 0.29) is 23.6 Å². The van der Waals surface area contributed by atoms with E-state index >= 15 is 0 Å². The van der Waals surface area contributed by atoms with Crippen LogP contribution in [0.2, 0.25) is 0 Å². The number of halogens is 1. The maximum Gasteiger partial charge on any atom is 0.225 e. The Morgan fingerprint density at radius 2 is 2.00 bits per heavy atom. The van der Waals surface area contributed by atoms with Crippen molar-refractivity contribution >= 4 is 17.4 Å². The van der Waals surface area contributed by atoms with E-state index in [9.17, 15) is 9.18 Å². The number of pyridine rings is 1. The molecule has 1 aliphatic carbocycles. The quantitative estimate of drug-likeness (QED) is 0.660. The number of hydrogen-bond donors (Lipinski definition) is 1. The van der Waals surface area contributed by atoms with E-state index in [1.807, 2.05) is 23.1 Å². The second kappa shape index (κ2) is 8.41. The lowest BCUT2D eigenvalue weighted by Gasteiger charge is -2.33. The zero-order valence-electron chi connectivity index (χ0n) is 17.2. The van der Waals surface area contributed by atoms with Crippen molar-refractivity contribution in [3.05, 3.63) is 66.4 Å². The second-order valence-electron chi connectivity index (χ2n) is 8.28. The summed E-state index contributed by atoms with van der Waals surface area (Å²) in [6, 6.07) is 12.0. The number of nitrogens with zero attached hydrogens (tertiary/aromatic N) is 4. The van der Waals surface area contributed by atoms with Crippen LogP contribution >= 0.6 is 0 Å². The van der Waals surface area contributed by atoms with Gasteiger partial charge in [0.2, 0.25) is 5.91 Å². The number of aromatic nitrogens is 3. The lowest BCUT2D eigenvalue weighted by molar-refractivity contribution is -0.133. The standard InChI is InChI=1S/C24H24FN5O/c25-19-6-1-7-20(12-19)27-22-13-21(28-23(29-22)17-4-2-10-26-14-17)18-5-3-11-30(15-18)24(31)16-8-9-16/h1-2,4,6-7,10,12-14,16,18H,3,5,8-9,11,15H2,(H,27,28,29). The average molecular weight is 417 g/mol. The minimum Gasteiger partial charge on any atom is -0.342 e. The largest absolute Gasteiger partial charge is 0.342 e. The maximum atomic E-state index is 13.7. The zero-order chi connectivity index (χ0) is 21.2. The van der Waals surface area contributed by atoms with E-state index in [1.165, 1.54) is 12.1 Å². The molecule has 3 aromatic rings. The number of anilines is 2. The molecule has 1 saturated heterocycles. The highest BCUT2D eigenvalue weighted by Crippen LogP contribution is 2.35. The summed E-state index contributed by atoms with van der Waals surface area (Å²) in [4.78, 5) is 28.3. The van der Waals surface area contributed by atoms with Gasteiger partial charge in [-0.05, 0) is 56.0 Å². The SMILES string of the molecule is O=C(C1CC1)N1CCCC(c2cc(Nc3cccc(F)c3)nc(-c3cccnc3)n2)C1. The van der Waals surface area contributed by atoms with Crippen molar-refractivity contribution < 1.29 is 9.18 Å². The number of nitrogens with one attached hydrogen (secondary N) is 1. The topological polar surface area (TPSA) is 71.0 Å². The fourth-order valence-electron chi connectivity index (χ4n) is 4.08. The van der Waals surface area contributed by atoms with Gasteiger partial charge < -0.3 is 10.2 Å². The Hall–Kier alpha value is -3.35. The minimum absolute atomic E-state index is 0.142. The molecule has 2 fully saturated rings. The van der Waals surface area contributed by atoms with Crippen LogP contribution in [0.4, 0.5) is 15.9 Å². The summed E-state index contributed by atoms with van der Waals surface area (Å²) in [5.41, 5.74) is 2.32. The average Bonchev–Trinajstić information content (AvgIpc) is 3.65. The maximum absolute atomic E-state index is 13.7. The Morgan fingerprint density at radius 3 is 2.77 bits per heavy atom. The number of rotatable bonds is 5. The highest BCUT2D eigenvalue weighted by Gasteiger charge is 2.36. The van der Waals surface area contributed by atoms with Crippen molar-refractivity contribution in [1.29, 1.82) is 0 Å². The van der Waals surface area contributed by atoms with Crippen LogP contribution < -0.4 is 5.32 Å². The lowest BCUT2D eigenvalue weighted by atomic mass is 9.94. The van der Waals surface area contributed by atoms with Gasteiger partial charge in [-0.15, -0.1) is 0 Å². The highest BCUT2D eigenvalue weighted by molar-refractivity contribution is 5.81. The van der Waals surface area contributed by atoms with Crippen LogP contribution in [0.5, 0.6) is 0 Å². The van der Waals surface area contributed by atoms with Gasteiger partial charge in [-0.1, -0.05) is 6.07 Å². The second-order valence-corrected chi connectivity index (χ2v) is 8.28. The van der Waals surface area contributed by atoms with Crippen LogP contribution in [0, 0.1) is 11.7 Å².